The van der Waals surface area contributed by atoms with Crippen LogP contribution in [-0.2, 0) is 9.59 Å². The number of carbonyl (C=O) groups is 2. The molecule has 0 aromatic rings. The molecule has 0 spiro atoms. The van der Waals surface area contributed by atoms with Crippen LogP contribution in [0.5, 0.6) is 0 Å². The summed E-state index contributed by atoms with van der Waals surface area (Å²) in [4.78, 5) is 23.5. The summed E-state index contributed by atoms with van der Waals surface area (Å²) in [5, 5.41) is 8.64. The molecule has 0 unspecified atom stereocenters. The summed E-state index contributed by atoms with van der Waals surface area (Å²) in [5.74, 6) is -1.02. The number of hydrogen-bond donors (Lipinski definition) is 1. The van der Waals surface area contributed by atoms with Gasteiger partial charge in [0.2, 0.25) is 5.91 Å². The Morgan fingerprint density at radius 3 is 1.77 bits per heavy atom. The van der Waals surface area contributed by atoms with Crippen molar-refractivity contribution in [2.45, 2.75) is 96.8 Å². The Kier molecular flexibility index (Phi) is 22.5. The Morgan fingerprint density at radius 1 is 0.808 bits per heavy atom. The molecule has 0 aromatic carbocycles. The second kappa shape index (κ2) is 21.0. The average Bonchev–Trinajstić information content (AvgIpc) is 2.57. The molecule has 0 aromatic heterocycles. The van der Waals surface area contributed by atoms with Crippen molar-refractivity contribution in [3.8, 4) is 0 Å². The van der Waals surface area contributed by atoms with Crippen LogP contribution in [0.2, 0.25) is 0 Å². The summed E-state index contributed by atoms with van der Waals surface area (Å²) in [6.07, 6.45) is 21.1. The van der Waals surface area contributed by atoms with Crippen LogP contribution in [-0.4, -0.2) is 65.0 Å². The van der Waals surface area contributed by atoms with E-state index in [-0.39, 0.29) is 42.0 Å². The van der Waals surface area contributed by atoms with E-state index in [1.54, 1.807) is 7.05 Å². The zero-order valence-corrected chi connectivity index (χ0v) is 16.5. The van der Waals surface area contributed by atoms with Crippen molar-refractivity contribution in [1.82, 2.24) is 4.90 Å². The Labute approximate surface area is 183 Å². The molecule has 0 aliphatic rings. The van der Waals surface area contributed by atoms with Gasteiger partial charge in [0.1, 0.15) is 6.54 Å². The van der Waals surface area contributed by atoms with E-state index in [2.05, 4.69) is 19.1 Å². The molecular formula is C21H40NNaO3. The SMILES string of the molecule is CCCCCC/C=C\CCCCCCCCCC(=O)N(C)CC(=O)O.[NaH]. The van der Waals surface area contributed by atoms with Crippen molar-refractivity contribution in [2.75, 3.05) is 13.6 Å². The standard InChI is InChI=1S/C21H39NO3.Na.H/c1-3-4-5-6-7-8-9-10-11-12-13-14-15-16-17-18-20(23)22(2)19-21(24)25;;/h8-9H,3-7,10-19H2,1-2H3,(H,24,25);;/b9-8-;;. The molecule has 1 N–H and O–H groups in total. The minimum atomic E-state index is -0.956. The number of rotatable bonds is 17. The normalized spacial score (nSPS) is 10.7. The molecule has 0 saturated carbocycles. The maximum absolute atomic E-state index is 11.7. The van der Waals surface area contributed by atoms with Gasteiger partial charge in [0.05, 0.1) is 0 Å². The first-order valence-electron chi connectivity index (χ1n) is 10.2. The number of aliphatic carboxylic acids is 1. The summed E-state index contributed by atoms with van der Waals surface area (Å²) in [6.45, 7) is 2.04. The van der Waals surface area contributed by atoms with Crippen LogP contribution in [0.3, 0.4) is 0 Å². The van der Waals surface area contributed by atoms with E-state index in [0.29, 0.717) is 6.42 Å². The van der Waals surface area contributed by atoms with Crippen molar-refractivity contribution in [1.29, 1.82) is 0 Å². The Morgan fingerprint density at radius 2 is 1.27 bits per heavy atom. The first-order chi connectivity index (χ1) is 12.1. The average molecular weight is 378 g/mol. The maximum atomic E-state index is 11.7. The predicted molar refractivity (Wildman–Crippen MR) is 112 cm³/mol. The number of hydrogen-bond acceptors (Lipinski definition) is 2. The summed E-state index contributed by atoms with van der Waals surface area (Å²) in [7, 11) is 1.55. The molecule has 0 saturated heterocycles. The summed E-state index contributed by atoms with van der Waals surface area (Å²) in [5.41, 5.74) is 0. The third kappa shape index (κ3) is 20.0. The van der Waals surface area contributed by atoms with Crippen LogP contribution in [0.1, 0.15) is 96.8 Å². The van der Waals surface area contributed by atoms with Gasteiger partial charge in [-0.05, 0) is 32.1 Å². The quantitative estimate of drug-likeness (QED) is 0.222. The second-order valence-electron chi connectivity index (χ2n) is 6.98. The molecule has 0 radical (unpaired) electrons. The predicted octanol–water partition coefficient (Wildman–Crippen LogP) is 4.92. The Bertz CT molecular complexity index is 372. The van der Waals surface area contributed by atoms with E-state index < -0.39 is 5.97 Å². The van der Waals surface area contributed by atoms with Gasteiger partial charge in [-0.3, -0.25) is 9.59 Å². The van der Waals surface area contributed by atoms with Gasteiger partial charge in [0.25, 0.3) is 0 Å². The molecule has 0 atom stereocenters. The molecule has 0 rings (SSSR count). The van der Waals surface area contributed by atoms with Gasteiger partial charge in [-0.2, -0.15) is 0 Å². The van der Waals surface area contributed by atoms with Crippen LogP contribution in [0, 0.1) is 0 Å². The number of carboxylic acids is 1. The molecule has 5 heteroatoms. The van der Waals surface area contributed by atoms with Crippen LogP contribution < -0.4 is 0 Å². The van der Waals surface area contributed by atoms with E-state index in [1.807, 2.05) is 0 Å². The minimum absolute atomic E-state index is 0. The molecule has 4 nitrogen and oxygen atoms in total. The first-order valence-corrected chi connectivity index (χ1v) is 10.2. The molecule has 0 bridgehead atoms. The summed E-state index contributed by atoms with van der Waals surface area (Å²) < 4.78 is 0. The van der Waals surface area contributed by atoms with Crippen molar-refractivity contribution < 1.29 is 14.7 Å². The van der Waals surface area contributed by atoms with Crippen molar-refractivity contribution >= 4 is 41.4 Å². The van der Waals surface area contributed by atoms with Crippen LogP contribution >= 0.6 is 0 Å². The van der Waals surface area contributed by atoms with Crippen LogP contribution in [0.15, 0.2) is 12.2 Å². The number of nitrogens with zero attached hydrogens (tertiary/aromatic N) is 1. The van der Waals surface area contributed by atoms with E-state index >= 15 is 0 Å². The molecule has 0 fully saturated rings. The fourth-order valence-electron chi connectivity index (χ4n) is 2.83. The first kappa shape index (κ1) is 27.9. The fourth-order valence-corrected chi connectivity index (χ4v) is 2.83. The summed E-state index contributed by atoms with van der Waals surface area (Å²) >= 11 is 0. The van der Waals surface area contributed by atoms with E-state index in [4.69, 9.17) is 5.11 Å². The monoisotopic (exact) mass is 377 g/mol. The van der Waals surface area contributed by atoms with Gasteiger partial charge < -0.3 is 10.0 Å². The van der Waals surface area contributed by atoms with Gasteiger partial charge in [0.15, 0.2) is 0 Å². The molecule has 1 amide bonds. The van der Waals surface area contributed by atoms with Crippen molar-refractivity contribution in [3.05, 3.63) is 12.2 Å². The molecule has 0 aliphatic heterocycles. The van der Waals surface area contributed by atoms with Gasteiger partial charge in [0, 0.05) is 13.5 Å². The van der Waals surface area contributed by atoms with E-state index in [1.165, 1.54) is 75.5 Å². The number of carboxylic acid groups (broad SMARTS) is 1. The number of unbranched alkanes of at least 4 members (excludes halogenated alkanes) is 11. The Balaban J connectivity index is 0. The third-order valence-corrected chi connectivity index (χ3v) is 4.45. The number of likely N-dealkylation sites (N-methyl/N-ethyl adjacent to an activating group) is 1. The zero-order valence-electron chi connectivity index (χ0n) is 16.5. The van der Waals surface area contributed by atoms with Gasteiger partial charge >= 0.3 is 35.5 Å². The van der Waals surface area contributed by atoms with Gasteiger partial charge in [-0.1, -0.05) is 70.4 Å². The van der Waals surface area contributed by atoms with E-state index in [0.717, 1.165) is 12.8 Å². The van der Waals surface area contributed by atoms with Gasteiger partial charge in [-0.15, -0.1) is 0 Å². The van der Waals surface area contributed by atoms with Gasteiger partial charge in [-0.25, -0.2) is 0 Å². The second-order valence-corrected chi connectivity index (χ2v) is 6.98. The molecule has 0 heterocycles. The zero-order chi connectivity index (χ0) is 18.8. The molecular weight excluding hydrogens is 337 g/mol. The van der Waals surface area contributed by atoms with Crippen molar-refractivity contribution in [2.24, 2.45) is 0 Å². The molecule has 148 valence electrons. The van der Waals surface area contributed by atoms with Crippen LogP contribution in [0.4, 0.5) is 0 Å². The fraction of sp³-hybridized carbons (Fsp3) is 0.810. The van der Waals surface area contributed by atoms with Crippen LogP contribution in [0.25, 0.3) is 0 Å². The Hall–Kier alpha value is -0.320. The van der Waals surface area contributed by atoms with E-state index in [9.17, 15) is 9.59 Å². The molecule has 0 aliphatic carbocycles. The number of amides is 1. The molecule has 26 heavy (non-hydrogen) atoms. The topological polar surface area (TPSA) is 57.6 Å². The van der Waals surface area contributed by atoms with Crippen molar-refractivity contribution in [3.63, 3.8) is 0 Å². The third-order valence-electron chi connectivity index (χ3n) is 4.45. The number of carbonyl (C=O) groups excluding carboxylic acids is 1. The summed E-state index contributed by atoms with van der Waals surface area (Å²) in [6, 6.07) is 0. The number of allylic oxidation sites excluding steroid dienone is 2.